The predicted molar refractivity (Wildman–Crippen MR) is 95.0 cm³/mol. The average molecular weight is 371 g/mol. The van der Waals surface area contributed by atoms with Gasteiger partial charge < -0.3 is 18.7 Å². The summed E-state index contributed by atoms with van der Waals surface area (Å²) in [7, 11) is 3.08. The van der Waals surface area contributed by atoms with E-state index in [9.17, 15) is 10.1 Å². The van der Waals surface area contributed by atoms with Crippen LogP contribution in [0.2, 0.25) is 0 Å². The maximum Gasteiger partial charge on any atom is 0.311 e. The van der Waals surface area contributed by atoms with E-state index in [0.29, 0.717) is 22.9 Å². The molecule has 2 aromatic carbocycles. The van der Waals surface area contributed by atoms with Crippen LogP contribution >= 0.6 is 0 Å². The van der Waals surface area contributed by atoms with E-state index in [1.165, 1.54) is 13.2 Å². The molecule has 0 spiro atoms. The Hall–Kier alpha value is -3.62. The summed E-state index contributed by atoms with van der Waals surface area (Å²) in [5, 5.41) is 15.0. The van der Waals surface area contributed by atoms with Crippen LogP contribution in [-0.2, 0) is 6.61 Å². The number of hydrogen-bond donors (Lipinski definition) is 0. The van der Waals surface area contributed by atoms with Crippen LogP contribution in [0.1, 0.15) is 11.5 Å². The second-order valence-corrected chi connectivity index (χ2v) is 5.60. The number of aromatic nitrogens is 2. The van der Waals surface area contributed by atoms with Gasteiger partial charge in [-0.25, -0.2) is 0 Å². The van der Waals surface area contributed by atoms with Crippen molar-refractivity contribution < 1.29 is 23.7 Å². The largest absolute Gasteiger partial charge is 0.493 e. The molecule has 9 nitrogen and oxygen atoms in total. The van der Waals surface area contributed by atoms with Crippen LogP contribution in [0.4, 0.5) is 5.69 Å². The summed E-state index contributed by atoms with van der Waals surface area (Å²) in [6.07, 6.45) is 0. The number of nitro groups is 1. The molecule has 0 aliphatic carbocycles. The van der Waals surface area contributed by atoms with Crippen molar-refractivity contribution in [2.45, 2.75) is 13.5 Å². The van der Waals surface area contributed by atoms with Crippen LogP contribution in [0, 0.1) is 17.0 Å². The molecule has 0 saturated heterocycles. The Labute approximate surface area is 154 Å². The van der Waals surface area contributed by atoms with Crippen molar-refractivity contribution in [2.24, 2.45) is 0 Å². The van der Waals surface area contributed by atoms with Gasteiger partial charge in [0.15, 0.2) is 23.9 Å². The average Bonchev–Trinajstić information content (AvgIpc) is 3.15. The number of rotatable bonds is 7. The maximum absolute atomic E-state index is 11.1. The molecule has 0 saturated carbocycles. The van der Waals surface area contributed by atoms with Gasteiger partial charge in [-0.05, 0) is 36.8 Å². The van der Waals surface area contributed by atoms with E-state index in [0.717, 1.165) is 5.56 Å². The fourth-order valence-electron chi connectivity index (χ4n) is 2.44. The van der Waals surface area contributed by atoms with Gasteiger partial charge in [0.25, 0.3) is 5.89 Å². The monoisotopic (exact) mass is 371 g/mol. The normalized spacial score (nSPS) is 10.5. The van der Waals surface area contributed by atoms with Crippen LogP contribution in [0.15, 0.2) is 40.9 Å². The molecular formula is C18H17N3O6. The van der Waals surface area contributed by atoms with E-state index in [1.54, 1.807) is 44.4 Å². The zero-order valence-electron chi connectivity index (χ0n) is 15.0. The number of aryl methyl sites for hydroxylation is 1. The van der Waals surface area contributed by atoms with Gasteiger partial charge in [-0.1, -0.05) is 11.2 Å². The fraction of sp³-hybridized carbons (Fsp3) is 0.222. The van der Waals surface area contributed by atoms with E-state index >= 15 is 0 Å². The molecular weight excluding hydrogens is 354 g/mol. The molecule has 0 amide bonds. The lowest BCUT2D eigenvalue weighted by atomic mass is 10.2. The number of hydrogen-bond acceptors (Lipinski definition) is 8. The summed E-state index contributed by atoms with van der Waals surface area (Å²) in [5.74, 6) is 1.78. The highest BCUT2D eigenvalue weighted by Gasteiger charge is 2.17. The van der Waals surface area contributed by atoms with Gasteiger partial charge in [0.1, 0.15) is 0 Å². The van der Waals surface area contributed by atoms with Crippen molar-refractivity contribution in [1.82, 2.24) is 10.1 Å². The highest BCUT2D eigenvalue weighted by molar-refractivity contribution is 5.60. The molecule has 0 atom stereocenters. The standard InChI is InChI=1S/C18H17N3O6/c1-11-4-6-14(13(8-11)21(22)23)26-10-17-19-18(20-27-17)12-5-7-15(24-2)16(9-12)25-3/h4-9H,10H2,1-3H3. The molecule has 0 N–H and O–H groups in total. The lowest BCUT2D eigenvalue weighted by Crippen LogP contribution is -2.00. The Morgan fingerprint density at radius 2 is 1.81 bits per heavy atom. The van der Waals surface area contributed by atoms with Crippen LogP contribution in [0.25, 0.3) is 11.4 Å². The van der Waals surface area contributed by atoms with Crippen molar-refractivity contribution in [1.29, 1.82) is 0 Å². The van der Waals surface area contributed by atoms with Gasteiger partial charge in [0.2, 0.25) is 5.82 Å². The quantitative estimate of drug-likeness (QED) is 0.458. The van der Waals surface area contributed by atoms with Crippen molar-refractivity contribution >= 4 is 5.69 Å². The number of nitro benzene ring substituents is 1. The molecule has 3 aromatic rings. The van der Waals surface area contributed by atoms with E-state index in [1.807, 2.05) is 0 Å². The molecule has 140 valence electrons. The third kappa shape index (κ3) is 3.97. The Morgan fingerprint density at radius 3 is 2.52 bits per heavy atom. The van der Waals surface area contributed by atoms with Gasteiger partial charge in [-0.15, -0.1) is 0 Å². The van der Waals surface area contributed by atoms with Crippen LogP contribution < -0.4 is 14.2 Å². The van der Waals surface area contributed by atoms with Crippen molar-refractivity contribution in [3.8, 4) is 28.6 Å². The summed E-state index contributed by atoms with van der Waals surface area (Å²) in [5.41, 5.74) is 1.32. The van der Waals surface area contributed by atoms with E-state index in [2.05, 4.69) is 10.1 Å². The molecule has 9 heteroatoms. The molecule has 0 radical (unpaired) electrons. The molecule has 0 aliphatic rings. The SMILES string of the molecule is COc1ccc(-c2noc(COc3ccc(C)cc3[N+](=O)[O-])n2)cc1OC. The summed E-state index contributed by atoms with van der Waals surface area (Å²) in [4.78, 5) is 14.9. The smallest absolute Gasteiger partial charge is 0.311 e. The second-order valence-electron chi connectivity index (χ2n) is 5.60. The number of ether oxygens (including phenoxy) is 3. The first kappa shape index (κ1) is 18.2. The zero-order valence-corrected chi connectivity index (χ0v) is 15.0. The minimum absolute atomic E-state index is 0.0931. The molecule has 3 rings (SSSR count). The summed E-state index contributed by atoms with van der Waals surface area (Å²) < 4.78 is 21.1. The summed E-state index contributed by atoms with van der Waals surface area (Å²) in [6, 6.07) is 9.93. The van der Waals surface area contributed by atoms with Gasteiger partial charge in [0, 0.05) is 11.6 Å². The van der Waals surface area contributed by atoms with Crippen LogP contribution in [0.3, 0.4) is 0 Å². The molecule has 0 unspecified atom stereocenters. The topological polar surface area (TPSA) is 110 Å². The Bertz CT molecular complexity index is 969. The van der Waals surface area contributed by atoms with Gasteiger partial charge in [0.05, 0.1) is 19.1 Å². The Morgan fingerprint density at radius 1 is 1.07 bits per heavy atom. The second kappa shape index (κ2) is 7.73. The number of benzene rings is 2. The van der Waals surface area contributed by atoms with Crippen LogP contribution in [-0.4, -0.2) is 29.3 Å². The molecule has 1 heterocycles. The lowest BCUT2D eigenvalue weighted by molar-refractivity contribution is -0.386. The maximum atomic E-state index is 11.1. The van der Waals surface area contributed by atoms with Gasteiger partial charge in [-0.3, -0.25) is 10.1 Å². The van der Waals surface area contributed by atoms with Crippen molar-refractivity contribution in [3.05, 3.63) is 58.0 Å². The minimum Gasteiger partial charge on any atom is -0.493 e. The molecule has 0 bridgehead atoms. The van der Waals surface area contributed by atoms with E-state index < -0.39 is 4.92 Å². The summed E-state index contributed by atoms with van der Waals surface area (Å²) >= 11 is 0. The first-order valence-corrected chi connectivity index (χ1v) is 7.94. The Balaban J connectivity index is 1.77. The molecule has 1 aromatic heterocycles. The molecule has 0 aliphatic heterocycles. The highest BCUT2D eigenvalue weighted by atomic mass is 16.6. The van der Waals surface area contributed by atoms with Crippen LogP contribution in [0.5, 0.6) is 17.2 Å². The number of nitrogens with zero attached hydrogens (tertiary/aromatic N) is 3. The predicted octanol–water partition coefficient (Wildman–Crippen LogP) is 3.55. The minimum atomic E-state index is -0.495. The molecule has 0 fully saturated rings. The molecule has 27 heavy (non-hydrogen) atoms. The third-order valence-corrected chi connectivity index (χ3v) is 3.77. The first-order chi connectivity index (χ1) is 13.0. The first-order valence-electron chi connectivity index (χ1n) is 7.94. The van der Waals surface area contributed by atoms with Crippen molar-refractivity contribution in [3.63, 3.8) is 0 Å². The zero-order chi connectivity index (χ0) is 19.4. The van der Waals surface area contributed by atoms with Crippen molar-refractivity contribution in [2.75, 3.05) is 14.2 Å². The third-order valence-electron chi connectivity index (χ3n) is 3.77. The lowest BCUT2D eigenvalue weighted by Gasteiger charge is -2.07. The van der Waals surface area contributed by atoms with Gasteiger partial charge in [-0.2, -0.15) is 4.98 Å². The van der Waals surface area contributed by atoms with E-state index in [-0.39, 0.29) is 23.9 Å². The van der Waals surface area contributed by atoms with E-state index in [4.69, 9.17) is 18.7 Å². The number of methoxy groups -OCH3 is 2. The fourth-order valence-corrected chi connectivity index (χ4v) is 2.44. The Kier molecular flexibility index (Phi) is 5.20. The highest BCUT2D eigenvalue weighted by Crippen LogP contribution is 2.31. The summed E-state index contributed by atoms with van der Waals surface area (Å²) in [6.45, 7) is 1.67. The van der Waals surface area contributed by atoms with Gasteiger partial charge >= 0.3 is 5.69 Å².